The van der Waals surface area contributed by atoms with Crippen LogP contribution in [0, 0.1) is 5.92 Å². The first-order chi connectivity index (χ1) is 7.79. The lowest BCUT2D eigenvalue weighted by Gasteiger charge is -2.12. The summed E-state index contributed by atoms with van der Waals surface area (Å²) in [5, 5.41) is 11.5. The summed E-state index contributed by atoms with van der Waals surface area (Å²) in [7, 11) is 1.73. The molecule has 1 unspecified atom stereocenters. The van der Waals surface area contributed by atoms with E-state index in [0.717, 1.165) is 29.7 Å². The predicted molar refractivity (Wildman–Crippen MR) is 65.6 cm³/mol. The summed E-state index contributed by atoms with van der Waals surface area (Å²) in [6.45, 7) is 3.85. The number of benzene rings is 1. The van der Waals surface area contributed by atoms with Gasteiger partial charge in [0.15, 0.2) is 0 Å². The molecule has 0 aliphatic carbocycles. The summed E-state index contributed by atoms with van der Waals surface area (Å²) in [5.41, 5.74) is 2.17. The highest BCUT2D eigenvalue weighted by Crippen LogP contribution is 2.16. The Morgan fingerprint density at radius 2 is 2.38 bits per heavy atom. The van der Waals surface area contributed by atoms with Gasteiger partial charge in [-0.15, -0.1) is 0 Å². The summed E-state index contributed by atoms with van der Waals surface area (Å²) in [6, 6.07) is 6.20. The number of nitrogens with zero attached hydrogens (tertiary/aromatic N) is 1. The van der Waals surface area contributed by atoms with Crippen LogP contribution < -0.4 is 5.32 Å². The van der Waals surface area contributed by atoms with Crippen molar-refractivity contribution < 1.29 is 4.74 Å². The van der Waals surface area contributed by atoms with E-state index in [1.54, 1.807) is 7.11 Å². The van der Waals surface area contributed by atoms with Gasteiger partial charge in [0.25, 0.3) is 0 Å². The van der Waals surface area contributed by atoms with Crippen LogP contribution in [-0.2, 0) is 4.74 Å². The average Bonchev–Trinajstić information content (AvgIpc) is 2.74. The minimum atomic E-state index is 0.502. The van der Waals surface area contributed by atoms with Gasteiger partial charge in [-0.3, -0.25) is 5.10 Å². The second-order valence-corrected chi connectivity index (χ2v) is 4.11. The average molecular weight is 219 g/mol. The summed E-state index contributed by atoms with van der Waals surface area (Å²) < 4.78 is 5.09. The largest absolute Gasteiger partial charge is 0.385 e. The fourth-order valence-electron chi connectivity index (χ4n) is 1.68. The molecule has 1 heterocycles. The summed E-state index contributed by atoms with van der Waals surface area (Å²) in [4.78, 5) is 0. The van der Waals surface area contributed by atoms with Crippen molar-refractivity contribution in [3.63, 3.8) is 0 Å². The predicted octanol–water partition coefficient (Wildman–Crippen LogP) is 2.26. The highest BCUT2D eigenvalue weighted by molar-refractivity contribution is 5.81. The molecule has 86 valence electrons. The molecule has 0 fully saturated rings. The molecule has 0 bridgehead atoms. The molecule has 16 heavy (non-hydrogen) atoms. The van der Waals surface area contributed by atoms with Crippen molar-refractivity contribution in [2.24, 2.45) is 5.92 Å². The van der Waals surface area contributed by atoms with Crippen molar-refractivity contribution in [3.8, 4) is 0 Å². The number of fused-ring (bicyclic) bond motifs is 1. The lowest BCUT2D eigenvalue weighted by Crippen LogP contribution is -2.15. The van der Waals surface area contributed by atoms with Gasteiger partial charge in [-0.1, -0.05) is 6.92 Å². The minimum absolute atomic E-state index is 0.502. The zero-order chi connectivity index (χ0) is 11.4. The Morgan fingerprint density at radius 1 is 1.50 bits per heavy atom. The molecule has 2 aromatic rings. The second kappa shape index (κ2) is 4.99. The Labute approximate surface area is 95.0 Å². The lowest BCUT2D eigenvalue weighted by atomic mass is 10.2. The maximum atomic E-state index is 5.09. The molecule has 4 heteroatoms. The molecule has 0 aliphatic rings. The highest BCUT2D eigenvalue weighted by atomic mass is 16.5. The molecular weight excluding hydrogens is 202 g/mol. The number of rotatable bonds is 5. The lowest BCUT2D eigenvalue weighted by molar-refractivity contribution is 0.164. The zero-order valence-corrected chi connectivity index (χ0v) is 9.66. The van der Waals surface area contributed by atoms with E-state index < -0.39 is 0 Å². The van der Waals surface area contributed by atoms with E-state index in [1.807, 2.05) is 6.20 Å². The van der Waals surface area contributed by atoms with E-state index in [4.69, 9.17) is 4.74 Å². The number of aromatic amines is 1. The van der Waals surface area contributed by atoms with Crippen molar-refractivity contribution in [1.82, 2.24) is 10.2 Å². The van der Waals surface area contributed by atoms with E-state index in [1.165, 1.54) is 0 Å². The number of H-pyrrole nitrogens is 1. The van der Waals surface area contributed by atoms with Crippen LogP contribution >= 0.6 is 0 Å². The molecule has 0 saturated carbocycles. The molecule has 2 N–H and O–H groups in total. The molecule has 1 aromatic carbocycles. The van der Waals surface area contributed by atoms with Gasteiger partial charge < -0.3 is 10.1 Å². The summed E-state index contributed by atoms with van der Waals surface area (Å²) >= 11 is 0. The number of hydrogen-bond acceptors (Lipinski definition) is 3. The molecule has 0 spiro atoms. The number of methoxy groups -OCH3 is 1. The summed E-state index contributed by atoms with van der Waals surface area (Å²) in [6.07, 6.45) is 1.83. The first-order valence-corrected chi connectivity index (χ1v) is 5.45. The smallest absolute Gasteiger partial charge is 0.0670 e. The topological polar surface area (TPSA) is 49.9 Å². The molecular formula is C12H17N3O. The number of ether oxygens (including phenoxy) is 1. The number of nitrogens with one attached hydrogen (secondary N) is 2. The van der Waals surface area contributed by atoms with Crippen LogP contribution in [-0.4, -0.2) is 30.5 Å². The molecule has 0 radical (unpaired) electrons. The van der Waals surface area contributed by atoms with E-state index in [0.29, 0.717) is 5.92 Å². The fraction of sp³-hybridized carbons (Fsp3) is 0.417. The molecule has 0 amide bonds. The molecule has 1 aromatic heterocycles. The van der Waals surface area contributed by atoms with Gasteiger partial charge in [-0.25, -0.2) is 0 Å². The summed E-state index contributed by atoms with van der Waals surface area (Å²) in [5.74, 6) is 0.502. The molecule has 4 nitrogen and oxygen atoms in total. The molecule has 2 rings (SSSR count). The van der Waals surface area contributed by atoms with Crippen molar-refractivity contribution in [2.45, 2.75) is 6.92 Å². The van der Waals surface area contributed by atoms with Gasteiger partial charge >= 0.3 is 0 Å². The van der Waals surface area contributed by atoms with Crippen molar-refractivity contribution >= 4 is 16.6 Å². The maximum Gasteiger partial charge on any atom is 0.0670 e. The molecule has 1 atom stereocenters. The normalized spacial score (nSPS) is 12.9. The Balaban J connectivity index is 1.98. The third kappa shape index (κ3) is 2.52. The molecule has 0 aliphatic heterocycles. The first kappa shape index (κ1) is 11.0. The Morgan fingerprint density at radius 3 is 3.19 bits per heavy atom. The van der Waals surface area contributed by atoms with Crippen LogP contribution in [0.25, 0.3) is 10.9 Å². The van der Waals surface area contributed by atoms with Crippen LogP contribution in [0.2, 0.25) is 0 Å². The van der Waals surface area contributed by atoms with Crippen LogP contribution in [0.5, 0.6) is 0 Å². The van der Waals surface area contributed by atoms with Crippen molar-refractivity contribution in [3.05, 3.63) is 24.4 Å². The van der Waals surface area contributed by atoms with Crippen molar-refractivity contribution in [2.75, 3.05) is 25.6 Å². The van der Waals surface area contributed by atoms with Crippen LogP contribution in [0.15, 0.2) is 24.4 Å². The highest BCUT2D eigenvalue weighted by Gasteiger charge is 2.02. The quantitative estimate of drug-likeness (QED) is 0.811. The van der Waals surface area contributed by atoms with E-state index >= 15 is 0 Å². The van der Waals surface area contributed by atoms with Gasteiger partial charge in [0.05, 0.1) is 18.3 Å². The minimum Gasteiger partial charge on any atom is -0.385 e. The standard InChI is InChI=1S/C12H17N3O/c1-9(8-16-2)6-13-11-4-3-10-7-14-15-12(10)5-11/h3-5,7,9,13H,6,8H2,1-2H3,(H,14,15). The maximum absolute atomic E-state index is 5.09. The third-order valence-corrected chi connectivity index (χ3v) is 2.55. The van der Waals surface area contributed by atoms with E-state index in [2.05, 4.69) is 40.6 Å². The van der Waals surface area contributed by atoms with Crippen LogP contribution in [0.1, 0.15) is 6.92 Å². The Hall–Kier alpha value is -1.55. The van der Waals surface area contributed by atoms with E-state index in [-0.39, 0.29) is 0 Å². The van der Waals surface area contributed by atoms with Gasteiger partial charge in [-0.05, 0) is 24.1 Å². The third-order valence-electron chi connectivity index (χ3n) is 2.55. The van der Waals surface area contributed by atoms with Gasteiger partial charge in [0.1, 0.15) is 0 Å². The van der Waals surface area contributed by atoms with Crippen molar-refractivity contribution in [1.29, 1.82) is 0 Å². The fourth-order valence-corrected chi connectivity index (χ4v) is 1.68. The van der Waals surface area contributed by atoms with Crippen LogP contribution in [0.3, 0.4) is 0 Å². The monoisotopic (exact) mass is 219 g/mol. The van der Waals surface area contributed by atoms with Crippen LogP contribution in [0.4, 0.5) is 5.69 Å². The zero-order valence-electron chi connectivity index (χ0n) is 9.66. The Bertz CT molecular complexity index is 452. The Kier molecular flexibility index (Phi) is 3.41. The second-order valence-electron chi connectivity index (χ2n) is 4.11. The van der Waals surface area contributed by atoms with E-state index in [9.17, 15) is 0 Å². The number of hydrogen-bond donors (Lipinski definition) is 2. The SMILES string of the molecule is COCC(C)CNc1ccc2cn[nH]c2c1. The van der Waals surface area contributed by atoms with Gasteiger partial charge in [0, 0.05) is 24.7 Å². The number of aromatic nitrogens is 2. The first-order valence-electron chi connectivity index (χ1n) is 5.45. The molecule has 0 saturated heterocycles. The van der Waals surface area contributed by atoms with Gasteiger partial charge in [-0.2, -0.15) is 5.10 Å². The van der Waals surface area contributed by atoms with Gasteiger partial charge in [0.2, 0.25) is 0 Å². The number of anilines is 1.